The Kier molecular flexibility index (Phi) is 3.26. The van der Waals surface area contributed by atoms with Crippen LogP contribution in [-0.2, 0) is 0 Å². The number of hydrogen-bond acceptors (Lipinski definition) is 2. The van der Waals surface area contributed by atoms with Gasteiger partial charge >= 0.3 is 0 Å². The summed E-state index contributed by atoms with van der Waals surface area (Å²) in [6, 6.07) is 8.40. The summed E-state index contributed by atoms with van der Waals surface area (Å²) in [5, 5.41) is 11.1. The molecule has 0 bridgehead atoms. The third-order valence-electron chi connectivity index (χ3n) is 3.71. The maximum atomic E-state index is 13.3. The Morgan fingerprint density at radius 3 is 2.38 bits per heavy atom. The third kappa shape index (κ3) is 2.32. The molecule has 0 radical (unpaired) electrons. The lowest BCUT2D eigenvalue weighted by atomic mass is 9.99. The molecule has 4 heteroatoms. The van der Waals surface area contributed by atoms with Crippen molar-refractivity contribution in [1.82, 2.24) is 0 Å². The first kappa shape index (κ1) is 13.8. The highest BCUT2D eigenvalue weighted by Gasteiger charge is 2.21. The fourth-order valence-electron chi connectivity index (χ4n) is 2.56. The molecule has 108 valence electrons. The van der Waals surface area contributed by atoms with Crippen molar-refractivity contribution in [2.75, 3.05) is 0 Å². The number of furan rings is 1. The van der Waals surface area contributed by atoms with Gasteiger partial charge in [-0.1, -0.05) is 6.07 Å². The molecule has 21 heavy (non-hydrogen) atoms. The number of aliphatic hydroxyl groups excluding tert-OH is 1. The van der Waals surface area contributed by atoms with E-state index in [1.54, 1.807) is 13.8 Å². The average molecular weight is 288 g/mol. The highest BCUT2D eigenvalue weighted by molar-refractivity contribution is 5.82. The van der Waals surface area contributed by atoms with Crippen LogP contribution in [0, 0.1) is 25.5 Å². The smallest absolute Gasteiger partial charge is 0.141 e. The Morgan fingerprint density at radius 2 is 1.67 bits per heavy atom. The molecule has 1 heterocycles. The Morgan fingerprint density at radius 1 is 1.00 bits per heavy atom. The zero-order valence-corrected chi connectivity index (χ0v) is 11.7. The normalized spacial score (nSPS) is 12.8. The summed E-state index contributed by atoms with van der Waals surface area (Å²) < 4.78 is 32.1. The lowest BCUT2D eigenvalue weighted by molar-refractivity contribution is 0.190. The van der Waals surface area contributed by atoms with Crippen molar-refractivity contribution in [2.45, 2.75) is 20.0 Å². The summed E-state index contributed by atoms with van der Waals surface area (Å²) in [7, 11) is 0. The first-order valence-corrected chi connectivity index (χ1v) is 6.60. The molecule has 2 aromatic carbocycles. The predicted molar refractivity (Wildman–Crippen MR) is 76.1 cm³/mol. The van der Waals surface area contributed by atoms with Gasteiger partial charge in [0.2, 0.25) is 0 Å². The third-order valence-corrected chi connectivity index (χ3v) is 3.71. The van der Waals surface area contributed by atoms with Crippen LogP contribution in [0.15, 0.2) is 40.8 Å². The molecule has 0 amide bonds. The maximum Gasteiger partial charge on any atom is 0.141 e. The number of benzene rings is 2. The van der Waals surface area contributed by atoms with E-state index in [1.807, 2.05) is 0 Å². The Labute approximate surface area is 120 Å². The lowest BCUT2D eigenvalue weighted by Crippen LogP contribution is -2.02. The number of aliphatic hydroxyl groups is 1. The first-order valence-electron chi connectivity index (χ1n) is 6.60. The van der Waals surface area contributed by atoms with Crippen molar-refractivity contribution >= 4 is 11.0 Å². The number of fused-ring (bicyclic) bond motifs is 1. The van der Waals surface area contributed by atoms with Gasteiger partial charge in [-0.05, 0) is 55.3 Å². The molecular weight excluding hydrogens is 274 g/mol. The van der Waals surface area contributed by atoms with Crippen LogP contribution in [0.3, 0.4) is 0 Å². The van der Waals surface area contributed by atoms with Crippen LogP contribution in [-0.4, -0.2) is 5.11 Å². The first-order chi connectivity index (χ1) is 9.97. The number of rotatable bonds is 2. The van der Waals surface area contributed by atoms with Gasteiger partial charge in [0.15, 0.2) is 0 Å². The topological polar surface area (TPSA) is 33.4 Å². The van der Waals surface area contributed by atoms with E-state index in [4.69, 9.17) is 4.42 Å². The van der Waals surface area contributed by atoms with E-state index < -0.39 is 6.10 Å². The zero-order valence-electron chi connectivity index (χ0n) is 11.7. The highest BCUT2D eigenvalue weighted by Crippen LogP contribution is 2.34. The standard InChI is InChI=1S/C17H14F2O2/c1-9-7-11(18)3-5-13(9)16(20)17-10(2)14-8-12(19)4-6-15(14)21-17/h3-8,16,20H,1-2H3. The van der Waals surface area contributed by atoms with E-state index in [-0.39, 0.29) is 11.6 Å². The van der Waals surface area contributed by atoms with E-state index in [9.17, 15) is 13.9 Å². The fraction of sp³-hybridized carbons (Fsp3) is 0.176. The monoisotopic (exact) mass is 288 g/mol. The van der Waals surface area contributed by atoms with E-state index in [0.717, 1.165) is 0 Å². The fourth-order valence-corrected chi connectivity index (χ4v) is 2.56. The van der Waals surface area contributed by atoms with Gasteiger partial charge in [0, 0.05) is 10.9 Å². The quantitative estimate of drug-likeness (QED) is 0.757. The summed E-state index contributed by atoms with van der Waals surface area (Å²) in [5.74, 6) is -0.359. The van der Waals surface area contributed by atoms with Crippen molar-refractivity contribution in [1.29, 1.82) is 0 Å². The van der Waals surface area contributed by atoms with Crippen molar-refractivity contribution < 1.29 is 18.3 Å². The molecule has 0 fully saturated rings. The van der Waals surface area contributed by atoms with Gasteiger partial charge in [-0.15, -0.1) is 0 Å². The van der Waals surface area contributed by atoms with Crippen LogP contribution in [0.4, 0.5) is 8.78 Å². The molecule has 3 rings (SSSR count). The second kappa shape index (κ2) is 4.97. The number of aryl methyl sites for hydroxylation is 2. The van der Waals surface area contributed by atoms with Crippen LogP contribution in [0.25, 0.3) is 11.0 Å². The molecule has 0 spiro atoms. The van der Waals surface area contributed by atoms with Gasteiger partial charge in [-0.2, -0.15) is 0 Å². The van der Waals surface area contributed by atoms with Crippen molar-refractivity contribution in [3.05, 3.63) is 70.5 Å². The van der Waals surface area contributed by atoms with Crippen molar-refractivity contribution in [3.63, 3.8) is 0 Å². The zero-order chi connectivity index (χ0) is 15.1. The minimum Gasteiger partial charge on any atom is -0.458 e. The predicted octanol–water partition coefficient (Wildman–Crippen LogP) is 4.41. The largest absolute Gasteiger partial charge is 0.458 e. The SMILES string of the molecule is Cc1cc(F)ccc1C(O)c1oc2ccc(F)cc2c1C. The number of halogens is 2. The lowest BCUT2D eigenvalue weighted by Gasteiger charge is -2.12. The minimum absolute atomic E-state index is 0.352. The summed E-state index contributed by atoms with van der Waals surface area (Å²) in [5.41, 5.74) is 2.40. The molecule has 1 N–H and O–H groups in total. The molecule has 0 aliphatic carbocycles. The summed E-state index contributed by atoms with van der Waals surface area (Å²) in [6.07, 6.45) is -1.01. The van der Waals surface area contributed by atoms with Crippen LogP contribution >= 0.6 is 0 Å². The molecule has 1 aromatic heterocycles. The van der Waals surface area contributed by atoms with E-state index in [0.29, 0.717) is 33.4 Å². The summed E-state index contributed by atoms with van der Waals surface area (Å²) >= 11 is 0. The molecule has 0 saturated carbocycles. The molecular formula is C17H14F2O2. The van der Waals surface area contributed by atoms with Gasteiger partial charge in [0.05, 0.1) is 0 Å². The molecule has 2 nitrogen and oxygen atoms in total. The van der Waals surface area contributed by atoms with Crippen LogP contribution in [0.1, 0.15) is 28.6 Å². The Balaban J connectivity index is 2.13. The van der Waals surface area contributed by atoms with Crippen molar-refractivity contribution in [2.24, 2.45) is 0 Å². The Bertz CT molecular complexity index is 821. The summed E-state index contributed by atoms with van der Waals surface area (Å²) in [6.45, 7) is 3.49. The van der Waals surface area contributed by atoms with Crippen LogP contribution in [0.2, 0.25) is 0 Å². The van der Waals surface area contributed by atoms with Gasteiger partial charge in [0.25, 0.3) is 0 Å². The van der Waals surface area contributed by atoms with Crippen LogP contribution < -0.4 is 0 Å². The van der Waals surface area contributed by atoms with Gasteiger partial charge in [-0.3, -0.25) is 0 Å². The van der Waals surface area contributed by atoms with Gasteiger partial charge in [-0.25, -0.2) is 8.78 Å². The molecule has 0 saturated heterocycles. The second-order valence-electron chi connectivity index (χ2n) is 5.14. The maximum absolute atomic E-state index is 13.3. The minimum atomic E-state index is -1.01. The molecule has 1 atom stereocenters. The van der Waals surface area contributed by atoms with E-state index in [2.05, 4.69) is 0 Å². The molecule has 1 unspecified atom stereocenters. The van der Waals surface area contributed by atoms with Gasteiger partial charge < -0.3 is 9.52 Å². The van der Waals surface area contributed by atoms with Gasteiger partial charge in [0.1, 0.15) is 29.1 Å². The second-order valence-corrected chi connectivity index (χ2v) is 5.14. The number of hydrogen-bond donors (Lipinski definition) is 1. The van der Waals surface area contributed by atoms with E-state index >= 15 is 0 Å². The Hall–Kier alpha value is -2.20. The van der Waals surface area contributed by atoms with Crippen molar-refractivity contribution in [3.8, 4) is 0 Å². The highest BCUT2D eigenvalue weighted by atomic mass is 19.1. The molecule has 0 aliphatic rings. The van der Waals surface area contributed by atoms with E-state index in [1.165, 1.54) is 36.4 Å². The summed E-state index contributed by atoms with van der Waals surface area (Å²) in [4.78, 5) is 0. The average Bonchev–Trinajstić information content (AvgIpc) is 2.75. The van der Waals surface area contributed by atoms with Crippen LogP contribution in [0.5, 0.6) is 0 Å². The molecule has 3 aromatic rings. The molecule has 0 aliphatic heterocycles.